The molecule has 9 heteroatoms. The van der Waals surface area contributed by atoms with Gasteiger partial charge in [0.1, 0.15) is 12.4 Å². The summed E-state index contributed by atoms with van der Waals surface area (Å²) in [6.07, 6.45) is 4.43. The van der Waals surface area contributed by atoms with E-state index in [1.165, 1.54) is 25.9 Å². The Bertz CT molecular complexity index is 1360. The normalized spacial score (nSPS) is 14.4. The topological polar surface area (TPSA) is 94.9 Å². The Morgan fingerprint density at radius 3 is 2.69 bits per heavy atom. The van der Waals surface area contributed by atoms with Crippen LogP contribution < -0.4 is 15.5 Å². The third-order valence-corrected chi connectivity index (χ3v) is 7.43. The molecule has 0 saturated carbocycles. The first-order valence-electron chi connectivity index (χ1n) is 12.1. The molecule has 3 heterocycles. The van der Waals surface area contributed by atoms with Gasteiger partial charge in [-0.25, -0.2) is 9.97 Å². The van der Waals surface area contributed by atoms with E-state index < -0.39 is 0 Å². The van der Waals surface area contributed by atoms with Gasteiger partial charge in [-0.15, -0.1) is 11.3 Å². The predicted molar refractivity (Wildman–Crippen MR) is 146 cm³/mol. The molecule has 186 valence electrons. The van der Waals surface area contributed by atoms with Crippen LogP contribution in [0.1, 0.15) is 24.0 Å². The maximum Gasteiger partial charge on any atom is 0.227 e. The smallest absolute Gasteiger partial charge is 0.227 e. The summed E-state index contributed by atoms with van der Waals surface area (Å²) in [6, 6.07) is 16.0. The van der Waals surface area contributed by atoms with Crippen LogP contribution in [0.4, 0.5) is 11.6 Å². The number of rotatable bonds is 8. The summed E-state index contributed by atoms with van der Waals surface area (Å²) >= 11 is 1.67. The second kappa shape index (κ2) is 11.0. The molecule has 0 amide bonds. The van der Waals surface area contributed by atoms with E-state index in [9.17, 15) is 5.21 Å². The van der Waals surface area contributed by atoms with Crippen molar-refractivity contribution >= 4 is 38.9 Å². The van der Waals surface area contributed by atoms with Gasteiger partial charge in [-0.3, -0.25) is 20.6 Å². The van der Waals surface area contributed by atoms with Crippen LogP contribution in [0.5, 0.6) is 5.75 Å². The molecule has 1 fully saturated rings. The number of thiophene rings is 1. The lowest BCUT2D eigenvalue weighted by Crippen LogP contribution is -2.25. The first kappa shape index (κ1) is 24.2. The van der Waals surface area contributed by atoms with E-state index in [1.54, 1.807) is 18.4 Å². The van der Waals surface area contributed by atoms with Gasteiger partial charge in [0, 0.05) is 35.7 Å². The number of nitrogens with zero attached hydrogens (tertiary/aromatic N) is 4. The Balaban J connectivity index is 1.29. The molecule has 0 unspecified atom stereocenters. The Morgan fingerprint density at radius 2 is 1.94 bits per heavy atom. The van der Waals surface area contributed by atoms with Gasteiger partial charge in [0.25, 0.3) is 0 Å². The highest BCUT2D eigenvalue weighted by atomic mass is 32.1. The van der Waals surface area contributed by atoms with Crippen LogP contribution in [0.3, 0.4) is 0 Å². The van der Waals surface area contributed by atoms with Crippen molar-refractivity contribution in [3.8, 4) is 16.3 Å². The van der Waals surface area contributed by atoms with Gasteiger partial charge in [0.05, 0.1) is 10.6 Å². The number of benzene rings is 2. The molecule has 2 aromatic heterocycles. The minimum atomic E-state index is 0.428. The fourth-order valence-corrected chi connectivity index (χ4v) is 5.46. The molecule has 8 nitrogen and oxygen atoms in total. The molecule has 0 bridgehead atoms. The largest absolute Gasteiger partial charge is 0.492 e. The number of aliphatic imine (C=N–C) groups is 1. The number of likely N-dealkylation sites (tertiary alicyclic amines) is 1. The number of aromatic nitrogens is 2. The molecule has 1 saturated heterocycles. The highest BCUT2D eigenvalue weighted by Gasteiger charge is 2.13. The first-order chi connectivity index (χ1) is 17.6. The molecule has 3 N–H and O–H groups in total. The summed E-state index contributed by atoms with van der Waals surface area (Å²) < 4.78 is 7.04. The van der Waals surface area contributed by atoms with Crippen LogP contribution >= 0.6 is 11.3 Å². The second-order valence-electron chi connectivity index (χ2n) is 8.82. The predicted octanol–water partition coefficient (Wildman–Crippen LogP) is 5.24. The van der Waals surface area contributed by atoms with Crippen LogP contribution in [0.25, 0.3) is 20.7 Å². The van der Waals surface area contributed by atoms with Crippen molar-refractivity contribution in [2.24, 2.45) is 4.99 Å². The number of nitrogens with one attached hydrogen (secondary N) is 2. The number of amidine groups is 1. The van der Waals surface area contributed by atoms with Crippen LogP contribution in [-0.2, 0) is 0 Å². The molecular weight excluding hydrogens is 472 g/mol. The zero-order valence-electron chi connectivity index (χ0n) is 20.5. The minimum Gasteiger partial charge on any atom is -0.492 e. The highest BCUT2D eigenvalue weighted by molar-refractivity contribution is 7.22. The average molecular weight is 503 g/mol. The standard InChI is InChI=1S/C27H30N6O2S/c1-18-17-29-27(30-21-6-8-22(9-7-21)35-14-13-33-11-3-4-12-33)31-25(18)24-16-20-15-19(26(28-2)32-34)5-10-23(20)36-24/h5-10,15-17,34H,3-4,11-14H2,1-2H3,(H,28,32)(H,29,30,31). The summed E-state index contributed by atoms with van der Waals surface area (Å²) in [4.78, 5) is 16.9. The van der Waals surface area contributed by atoms with E-state index in [4.69, 9.17) is 9.72 Å². The highest BCUT2D eigenvalue weighted by Crippen LogP contribution is 2.35. The van der Waals surface area contributed by atoms with Crippen molar-refractivity contribution in [3.63, 3.8) is 0 Å². The number of hydrogen-bond acceptors (Lipinski definition) is 8. The number of hydrogen-bond donors (Lipinski definition) is 3. The number of fused-ring (bicyclic) bond motifs is 1. The average Bonchev–Trinajstić information content (AvgIpc) is 3.57. The molecule has 36 heavy (non-hydrogen) atoms. The van der Waals surface area contributed by atoms with E-state index in [1.807, 2.05) is 55.6 Å². The first-order valence-corrected chi connectivity index (χ1v) is 12.9. The third kappa shape index (κ3) is 5.48. The summed E-state index contributed by atoms with van der Waals surface area (Å²) in [7, 11) is 1.64. The lowest BCUT2D eigenvalue weighted by atomic mass is 10.1. The van der Waals surface area contributed by atoms with Gasteiger partial charge in [-0.1, -0.05) is 0 Å². The molecule has 0 atom stereocenters. The molecular formula is C27H30N6O2S. The van der Waals surface area contributed by atoms with Crippen LogP contribution in [0, 0.1) is 6.92 Å². The lowest BCUT2D eigenvalue weighted by molar-refractivity contribution is 0.235. The SMILES string of the molecule is CN=C(NO)c1ccc2sc(-c3nc(Nc4ccc(OCCN5CCCC5)cc4)ncc3C)cc2c1. The summed E-state index contributed by atoms with van der Waals surface area (Å²) in [5.41, 5.74) is 5.77. The molecule has 0 aliphatic carbocycles. The minimum absolute atomic E-state index is 0.428. The number of ether oxygens (including phenoxy) is 1. The van der Waals surface area contributed by atoms with Crippen molar-refractivity contribution in [2.75, 3.05) is 38.6 Å². The van der Waals surface area contributed by atoms with E-state index in [-0.39, 0.29) is 0 Å². The Labute approximate surface area is 214 Å². The zero-order chi connectivity index (χ0) is 24.9. The van der Waals surface area contributed by atoms with Crippen molar-refractivity contribution in [1.82, 2.24) is 20.3 Å². The molecule has 0 spiro atoms. The fourth-order valence-electron chi connectivity index (χ4n) is 4.37. The van der Waals surface area contributed by atoms with E-state index >= 15 is 0 Å². The van der Waals surface area contributed by atoms with Crippen LogP contribution in [0.15, 0.2) is 59.7 Å². The quantitative estimate of drug-likeness (QED) is 0.172. The summed E-state index contributed by atoms with van der Waals surface area (Å²) in [5.74, 6) is 1.83. The molecule has 4 aromatic rings. The van der Waals surface area contributed by atoms with Gasteiger partial charge < -0.3 is 10.1 Å². The second-order valence-corrected chi connectivity index (χ2v) is 9.90. The van der Waals surface area contributed by atoms with Crippen LogP contribution in [0.2, 0.25) is 0 Å². The van der Waals surface area contributed by atoms with Gasteiger partial charge >= 0.3 is 0 Å². The Morgan fingerprint density at radius 1 is 1.14 bits per heavy atom. The monoisotopic (exact) mass is 502 g/mol. The van der Waals surface area contributed by atoms with Gasteiger partial charge in [0.2, 0.25) is 5.95 Å². The van der Waals surface area contributed by atoms with Gasteiger partial charge in [-0.05, 0) is 92.3 Å². The van der Waals surface area contributed by atoms with Crippen molar-refractivity contribution in [1.29, 1.82) is 0 Å². The maximum absolute atomic E-state index is 9.31. The molecule has 1 aliphatic rings. The number of aryl methyl sites for hydroxylation is 1. The molecule has 2 aromatic carbocycles. The third-order valence-electron chi connectivity index (χ3n) is 6.31. The lowest BCUT2D eigenvalue weighted by Gasteiger charge is -2.15. The molecule has 1 aliphatic heterocycles. The summed E-state index contributed by atoms with van der Waals surface area (Å²) in [5, 5.41) is 13.7. The Kier molecular flexibility index (Phi) is 7.41. The van der Waals surface area contributed by atoms with Gasteiger partial charge in [0.15, 0.2) is 5.84 Å². The number of anilines is 2. The van der Waals surface area contributed by atoms with Crippen molar-refractivity contribution in [2.45, 2.75) is 19.8 Å². The Hall–Kier alpha value is -3.53. The van der Waals surface area contributed by atoms with E-state index in [0.717, 1.165) is 49.8 Å². The van der Waals surface area contributed by atoms with E-state index in [2.05, 4.69) is 31.7 Å². The van der Waals surface area contributed by atoms with Crippen molar-refractivity contribution < 1.29 is 9.94 Å². The number of hydroxylamine groups is 1. The molecule has 5 rings (SSSR count). The van der Waals surface area contributed by atoms with Crippen LogP contribution in [-0.4, -0.2) is 59.2 Å². The zero-order valence-corrected chi connectivity index (χ0v) is 21.3. The molecule has 0 radical (unpaired) electrons. The fraction of sp³-hybridized carbons (Fsp3) is 0.296. The van der Waals surface area contributed by atoms with E-state index in [0.29, 0.717) is 18.4 Å². The van der Waals surface area contributed by atoms with Gasteiger partial charge in [-0.2, -0.15) is 0 Å². The van der Waals surface area contributed by atoms with Crippen molar-refractivity contribution in [3.05, 3.63) is 65.9 Å². The maximum atomic E-state index is 9.31. The summed E-state index contributed by atoms with van der Waals surface area (Å²) in [6.45, 7) is 6.06.